The topological polar surface area (TPSA) is 88.7 Å². The third kappa shape index (κ3) is 5.32. The lowest BCUT2D eigenvalue weighted by molar-refractivity contribution is 0.0593. The second-order valence-electron chi connectivity index (χ2n) is 6.98. The number of nitrogens with zero attached hydrogens (tertiary/aromatic N) is 1. The number of aromatic nitrogens is 1. The molecular weight excluding hydrogens is 372 g/mol. The molecule has 0 fully saturated rings. The molecule has 2 aromatic rings. The quantitative estimate of drug-likeness (QED) is 0.397. The third-order valence-electron chi connectivity index (χ3n) is 4.80. The Kier molecular flexibility index (Phi) is 7.73. The molecule has 0 aliphatic rings. The molecule has 1 heterocycles. The molecule has 0 aliphatic heterocycles. The fraction of sp³-hybridized carbons (Fsp3) is 0.409. The summed E-state index contributed by atoms with van der Waals surface area (Å²) in [4.78, 5) is 42.4. The monoisotopic (exact) mass is 400 g/mol. The van der Waals surface area contributed by atoms with Crippen LogP contribution in [0.25, 0.3) is 0 Å². The molecule has 0 spiro atoms. The van der Waals surface area contributed by atoms with E-state index in [2.05, 4.69) is 4.98 Å². The predicted molar refractivity (Wildman–Crippen MR) is 110 cm³/mol. The summed E-state index contributed by atoms with van der Waals surface area (Å²) < 4.78 is 9.84. The van der Waals surface area contributed by atoms with Gasteiger partial charge in [-0.05, 0) is 44.9 Å². The Morgan fingerprint density at radius 1 is 1.03 bits per heavy atom. The number of ether oxygens (including phenoxy) is 2. The number of H-pyrrole nitrogens is 1. The Balaban J connectivity index is 2.27. The van der Waals surface area contributed by atoms with Gasteiger partial charge in [0.25, 0.3) is 5.91 Å². The summed E-state index contributed by atoms with van der Waals surface area (Å²) in [6, 6.07) is 7.25. The van der Waals surface area contributed by atoms with Crippen LogP contribution < -0.4 is 0 Å². The second-order valence-corrected chi connectivity index (χ2v) is 6.98. The molecule has 0 unspecified atom stereocenters. The maximum atomic E-state index is 13.0. The van der Waals surface area contributed by atoms with Crippen molar-refractivity contribution in [1.29, 1.82) is 0 Å². The molecule has 0 saturated heterocycles. The minimum Gasteiger partial charge on any atom is -0.464 e. The lowest BCUT2D eigenvalue weighted by Gasteiger charge is -2.22. The Morgan fingerprint density at radius 3 is 2.28 bits per heavy atom. The molecule has 1 amide bonds. The number of Topliss-reactive ketones (excluding diaryl/α,β-unsaturated/α-hetero) is 1. The van der Waals surface area contributed by atoms with Crippen molar-refractivity contribution < 1.29 is 23.9 Å². The number of ketones is 1. The number of amides is 1. The highest BCUT2D eigenvalue weighted by Crippen LogP contribution is 2.20. The van der Waals surface area contributed by atoms with Gasteiger partial charge in [0.2, 0.25) is 0 Å². The predicted octanol–water partition coefficient (Wildman–Crippen LogP) is 3.09. The van der Waals surface area contributed by atoms with Crippen molar-refractivity contribution in [2.45, 2.75) is 27.2 Å². The minimum atomic E-state index is -0.530. The van der Waals surface area contributed by atoms with Gasteiger partial charge in [-0.15, -0.1) is 0 Å². The first kappa shape index (κ1) is 22.4. The lowest BCUT2D eigenvalue weighted by Crippen LogP contribution is -2.37. The van der Waals surface area contributed by atoms with Crippen molar-refractivity contribution in [2.24, 2.45) is 0 Å². The van der Waals surface area contributed by atoms with E-state index in [9.17, 15) is 14.4 Å². The van der Waals surface area contributed by atoms with Crippen LogP contribution in [0.2, 0.25) is 0 Å². The van der Waals surface area contributed by atoms with Gasteiger partial charge in [-0.1, -0.05) is 17.7 Å². The highest BCUT2D eigenvalue weighted by molar-refractivity contribution is 6.05. The molecule has 1 aromatic carbocycles. The summed E-state index contributed by atoms with van der Waals surface area (Å²) in [5.74, 6) is -0.977. The molecule has 0 bridgehead atoms. The van der Waals surface area contributed by atoms with Gasteiger partial charge in [0.05, 0.1) is 13.7 Å². The fourth-order valence-electron chi connectivity index (χ4n) is 3.26. The average Bonchev–Trinajstić information content (AvgIpc) is 3.00. The van der Waals surface area contributed by atoms with Gasteiger partial charge in [0.15, 0.2) is 5.78 Å². The standard InChI is InChI=1S/C22H28N2O5/c1-14-7-9-17(10-8-14)21(26)24(11-6-12-28-4)13-18(25)19-15(2)20(22(27)29-5)23-16(19)3/h7-10,23H,6,11-13H2,1-5H3. The first-order chi connectivity index (χ1) is 13.8. The van der Waals surface area contributed by atoms with Crippen LogP contribution in [-0.2, 0) is 9.47 Å². The number of esters is 1. The number of methoxy groups -OCH3 is 2. The molecule has 1 aromatic heterocycles. The van der Waals surface area contributed by atoms with Gasteiger partial charge < -0.3 is 19.4 Å². The molecule has 7 heteroatoms. The van der Waals surface area contributed by atoms with E-state index in [4.69, 9.17) is 9.47 Å². The summed E-state index contributed by atoms with van der Waals surface area (Å²) in [5.41, 5.74) is 3.35. The Morgan fingerprint density at radius 2 is 1.69 bits per heavy atom. The molecule has 2 rings (SSSR count). The number of benzene rings is 1. The first-order valence-corrected chi connectivity index (χ1v) is 9.45. The van der Waals surface area contributed by atoms with E-state index in [0.29, 0.717) is 42.0 Å². The molecule has 0 saturated carbocycles. The summed E-state index contributed by atoms with van der Waals surface area (Å²) >= 11 is 0. The highest BCUT2D eigenvalue weighted by Gasteiger charge is 2.25. The van der Waals surface area contributed by atoms with Crippen LogP contribution in [0.3, 0.4) is 0 Å². The van der Waals surface area contributed by atoms with Gasteiger partial charge >= 0.3 is 5.97 Å². The van der Waals surface area contributed by atoms with Gasteiger partial charge in [-0.2, -0.15) is 0 Å². The minimum absolute atomic E-state index is 0.0867. The average molecular weight is 400 g/mol. The van der Waals surface area contributed by atoms with Crippen LogP contribution in [0.15, 0.2) is 24.3 Å². The summed E-state index contributed by atoms with van der Waals surface area (Å²) in [6.07, 6.45) is 0.611. The maximum absolute atomic E-state index is 13.0. The van der Waals surface area contributed by atoms with Crippen molar-refractivity contribution in [3.63, 3.8) is 0 Å². The molecule has 1 N–H and O–H groups in total. The van der Waals surface area contributed by atoms with E-state index in [-0.39, 0.29) is 23.9 Å². The van der Waals surface area contributed by atoms with Crippen LogP contribution in [0.1, 0.15) is 54.4 Å². The van der Waals surface area contributed by atoms with E-state index < -0.39 is 5.97 Å². The Hall–Kier alpha value is -2.93. The molecule has 7 nitrogen and oxygen atoms in total. The van der Waals surface area contributed by atoms with Crippen molar-refractivity contribution in [3.8, 4) is 0 Å². The second kappa shape index (κ2) is 10.0. The van der Waals surface area contributed by atoms with Crippen molar-refractivity contribution in [3.05, 3.63) is 57.9 Å². The van der Waals surface area contributed by atoms with Gasteiger partial charge in [0.1, 0.15) is 5.69 Å². The number of hydrogen-bond donors (Lipinski definition) is 1. The van der Waals surface area contributed by atoms with Gasteiger partial charge in [-0.25, -0.2) is 4.79 Å². The van der Waals surface area contributed by atoms with Crippen molar-refractivity contribution in [1.82, 2.24) is 9.88 Å². The van der Waals surface area contributed by atoms with Crippen LogP contribution in [0, 0.1) is 20.8 Å². The third-order valence-corrected chi connectivity index (χ3v) is 4.80. The summed E-state index contributed by atoms with van der Waals surface area (Å²) in [7, 11) is 2.88. The maximum Gasteiger partial charge on any atom is 0.354 e. The molecule has 0 aliphatic carbocycles. The van der Waals surface area contributed by atoms with Crippen molar-refractivity contribution >= 4 is 17.7 Å². The zero-order valence-electron chi connectivity index (χ0n) is 17.6. The smallest absolute Gasteiger partial charge is 0.354 e. The first-order valence-electron chi connectivity index (χ1n) is 9.45. The van der Waals surface area contributed by atoms with E-state index in [1.165, 1.54) is 12.0 Å². The zero-order chi connectivity index (χ0) is 21.6. The zero-order valence-corrected chi connectivity index (χ0v) is 17.6. The normalized spacial score (nSPS) is 10.7. The fourth-order valence-corrected chi connectivity index (χ4v) is 3.26. The van der Waals surface area contributed by atoms with Crippen LogP contribution >= 0.6 is 0 Å². The Bertz CT molecular complexity index is 883. The number of aryl methyl sites for hydroxylation is 2. The Labute approximate surface area is 171 Å². The largest absolute Gasteiger partial charge is 0.464 e. The molecule has 0 radical (unpaired) electrons. The van der Waals surface area contributed by atoms with Crippen LogP contribution in [-0.4, -0.2) is 61.5 Å². The molecule has 156 valence electrons. The lowest BCUT2D eigenvalue weighted by atomic mass is 10.0. The SMILES string of the molecule is COCCCN(CC(=O)c1c(C)[nH]c(C(=O)OC)c1C)C(=O)c1ccc(C)cc1. The van der Waals surface area contributed by atoms with E-state index >= 15 is 0 Å². The number of carbonyl (C=O) groups excluding carboxylic acids is 3. The van der Waals surface area contributed by atoms with Crippen molar-refractivity contribution in [2.75, 3.05) is 33.9 Å². The van der Waals surface area contributed by atoms with Crippen LogP contribution in [0.4, 0.5) is 0 Å². The molecule has 0 atom stereocenters. The number of nitrogens with one attached hydrogen (secondary N) is 1. The molecule has 29 heavy (non-hydrogen) atoms. The highest BCUT2D eigenvalue weighted by atomic mass is 16.5. The van der Waals surface area contributed by atoms with Gasteiger partial charge in [0, 0.05) is 37.1 Å². The van der Waals surface area contributed by atoms with E-state index in [1.54, 1.807) is 33.1 Å². The molecular formula is C22H28N2O5. The number of rotatable bonds is 9. The number of hydrogen-bond acceptors (Lipinski definition) is 5. The van der Waals surface area contributed by atoms with Gasteiger partial charge in [-0.3, -0.25) is 9.59 Å². The summed E-state index contributed by atoms with van der Waals surface area (Å²) in [6.45, 7) is 6.16. The van der Waals surface area contributed by atoms with E-state index in [0.717, 1.165) is 5.56 Å². The number of aromatic amines is 1. The number of carbonyl (C=O) groups is 3. The summed E-state index contributed by atoms with van der Waals surface area (Å²) in [5, 5.41) is 0. The van der Waals surface area contributed by atoms with E-state index in [1.807, 2.05) is 19.1 Å². The van der Waals surface area contributed by atoms with Crippen LogP contribution in [0.5, 0.6) is 0 Å².